The van der Waals surface area contributed by atoms with E-state index in [1.54, 1.807) is 60.7 Å². The van der Waals surface area contributed by atoms with E-state index in [1.807, 2.05) is 0 Å². The largest absolute Gasteiger partial charge is 0.477 e. The van der Waals surface area contributed by atoms with Gasteiger partial charge in [-0.05, 0) is 36.8 Å². The van der Waals surface area contributed by atoms with Gasteiger partial charge in [-0.15, -0.1) is 0 Å². The molecule has 5 rings (SSSR count). The predicted octanol–water partition coefficient (Wildman–Crippen LogP) is 0.722. The summed E-state index contributed by atoms with van der Waals surface area (Å²) >= 11 is 6.08. The second-order valence-corrected chi connectivity index (χ2v) is 11.6. The first-order valence-corrected chi connectivity index (χ1v) is 15.0. The van der Waals surface area contributed by atoms with Crippen molar-refractivity contribution in [2.75, 3.05) is 0 Å². The zero-order valence-corrected chi connectivity index (χ0v) is 24.8. The first-order chi connectivity index (χ1) is 21.6. The van der Waals surface area contributed by atoms with E-state index in [1.165, 1.54) is 0 Å². The van der Waals surface area contributed by atoms with E-state index < -0.39 is 65.8 Å². The van der Waals surface area contributed by atoms with Gasteiger partial charge in [-0.3, -0.25) is 28.9 Å². The summed E-state index contributed by atoms with van der Waals surface area (Å²) in [6.07, 6.45) is 1.72. The van der Waals surface area contributed by atoms with Crippen LogP contribution in [0.2, 0.25) is 0 Å². The van der Waals surface area contributed by atoms with Crippen LogP contribution in [-0.2, 0) is 28.8 Å². The number of hydrogen-bond acceptors (Lipinski definition) is 7. The maximum atomic E-state index is 13.9. The number of allylic oxidation sites excluding steroid dienone is 1. The number of benzene rings is 2. The highest BCUT2D eigenvalue weighted by Gasteiger charge is 2.53. The number of nitrogens with two attached hydrogens (primary N) is 1. The summed E-state index contributed by atoms with van der Waals surface area (Å²) in [4.78, 5) is 78.9. The molecule has 45 heavy (non-hydrogen) atoms. The number of halogens is 1. The van der Waals surface area contributed by atoms with E-state index in [9.17, 15) is 33.9 Å². The summed E-state index contributed by atoms with van der Waals surface area (Å²) in [6, 6.07) is 10.8. The molecule has 2 saturated heterocycles. The van der Waals surface area contributed by atoms with Crippen molar-refractivity contribution >= 4 is 47.1 Å². The number of aliphatic carboxylic acids is 1. The van der Waals surface area contributed by atoms with Crippen molar-refractivity contribution in [2.24, 2.45) is 5.73 Å². The highest BCUT2D eigenvalue weighted by atomic mass is 35.5. The van der Waals surface area contributed by atoms with E-state index in [0.717, 1.165) is 4.90 Å². The fourth-order valence-electron chi connectivity index (χ4n) is 5.92. The quantitative estimate of drug-likeness (QED) is 0.205. The van der Waals surface area contributed by atoms with Gasteiger partial charge < -0.3 is 32.1 Å². The predicted molar refractivity (Wildman–Crippen MR) is 161 cm³/mol. The van der Waals surface area contributed by atoms with Crippen LogP contribution in [0.25, 0.3) is 0 Å². The van der Waals surface area contributed by atoms with Crippen molar-refractivity contribution in [3.63, 3.8) is 0 Å². The van der Waals surface area contributed by atoms with Crippen LogP contribution in [0, 0.1) is 0 Å². The van der Waals surface area contributed by atoms with Crippen LogP contribution in [-0.4, -0.2) is 69.7 Å². The first-order valence-electron chi connectivity index (χ1n) is 14.6. The van der Waals surface area contributed by atoms with Crippen molar-refractivity contribution in [3.05, 3.63) is 82.5 Å². The number of fused-ring (bicyclic) bond motifs is 1. The fraction of sp³-hybridized carbons (Fsp3) is 0.355. The number of rotatable bonds is 10. The number of β-lactam (4-membered cyclic amide) rings is 1. The molecule has 3 aliphatic heterocycles. The Kier molecular flexibility index (Phi) is 9.49. The van der Waals surface area contributed by atoms with Gasteiger partial charge in [0.2, 0.25) is 23.6 Å². The van der Waals surface area contributed by atoms with Gasteiger partial charge in [-0.1, -0.05) is 72.3 Å². The number of carbonyl (C=O) groups is 6. The minimum atomic E-state index is -1.34. The van der Waals surface area contributed by atoms with Crippen LogP contribution in [0.15, 0.2) is 71.4 Å². The summed E-state index contributed by atoms with van der Waals surface area (Å²) in [5.41, 5.74) is 6.79. The highest BCUT2D eigenvalue weighted by Crippen LogP contribution is 2.38. The van der Waals surface area contributed by atoms with Crippen LogP contribution >= 0.6 is 11.6 Å². The third kappa shape index (κ3) is 6.69. The molecule has 3 aliphatic rings. The molecular weight excluding hydrogens is 604 g/mol. The lowest BCUT2D eigenvalue weighted by Crippen LogP contribution is -2.72. The fourth-order valence-corrected chi connectivity index (χ4v) is 6.20. The van der Waals surface area contributed by atoms with Crippen LogP contribution < -0.4 is 27.0 Å². The van der Waals surface area contributed by atoms with Gasteiger partial charge in [0.1, 0.15) is 29.9 Å². The van der Waals surface area contributed by atoms with E-state index in [4.69, 9.17) is 17.3 Å². The third-order valence-corrected chi connectivity index (χ3v) is 8.62. The topological polar surface area (TPSA) is 200 Å². The molecule has 0 aliphatic carbocycles. The molecule has 7 N–H and O–H groups in total. The maximum absolute atomic E-state index is 13.9. The summed E-state index contributed by atoms with van der Waals surface area (Å²) < 4.78 is 0. The molecule has 236 valence electrons. The standard InChI is InChI=1S/C31H33ClN6O7/c32-18-14-15-20-25(30(43)38(20)26(18)31(44)45)37-28(41)23(17-10-5-2-6-11-17)35-29(42)24(19-12-7-13-21(39)34-19)36-27(40)22(33)16-8-3-1-4-9-16/h1-6,8-11,19-20,22-25H,7,12-15,33H2,(H,34,39)(H,35,42)(H,36,40)(H,37,41)(H,44,45)/t19-,20-,22-,23-,24+,25+/m1/s1. The molecule has 2 fully saturated rings. The van der Waals surface area contributed by atoms with E-state index in [0.29, 0.717) is 30.4 Å². The van der Waals surface area contributed by atoms with Gasteiger partial charge in [0.25, 0.3) is 5.91 Å². The van der Waals surface area contributed by atoms with Crippen LogP contribution in [0.4, 0.5) is 0 Å². The van der Waals surface area contributed by atoms with E-state index in [2.05, 4.69) is 21.3 Å². The number of carboxylic acid groups (broad SMARTS) is 1. The molecule has 0 aromatic heterocycles. The van der Waals surface area contributed by atoms with E-state index >= 15 is 0 Å². The number of hydrogen-bond donors (Lipinski definition) is 6. The second kappa shape index (κ2) is 13.5. The lowest BCUT2D eigenvalue weighted by atomic mass is 9.86. The minimum absolute atomic E-state index is 0.0566. The third-order valence-electron chi connectivity index (χ3n) is 8.25. The van der Waals surface area contributed by atoms with Crippen LogP contribution in [0.5, 0.6) is 0 Å². The van der Waals surface area contributed by atoms with Gasteiger partial charge in [0.15, 0.2) is 0 Å². The molecule has 6 atom stereocenters. The molecule has 5 amide bonds. The second-order valence-electron chi connectivity index (χ2n) is 11.2. The Balaban J connectivity index is 1.36. The molecule has 0 bridgehead atoms. The SMILES string of the molecule is N[C@@H](C(=O)N[C@H](C(=O)N[C@@H](C(=O)N[C@@H]1C(=O)N2C(C(=O)O)=C(Cl)CC[C@H]12)c1ccccc1)[C@H]1CCCC(=O)N1)c1ccccc1. The smallest absolute Gasteiger partial charge is 0.353 e. The number of piperidine rings is 1. The molecule has 0 saturated carbocycles. The van der Waals surface area contributed by atoms with Crippen molar-refractivity contribution in [3.8, 4) is 0 Å². The molecule has 13 nitrogen and oxygen atoms in total. The lowest BCUT2D eigenvalue weighted by molar-refractivity contribution is -0.156. The number of carboxylic acids is 1. The van der Waals surface area contributed by atoms with E-state index in [-0.39, 0.29) is 29.5 Å². The van der Waals surface area contributed by atoms with Gasteiger partial charge >= 0.3 is 5.97 Å². The Bertz CT molecular complexity index is 1540. The Morgan fingerprint density at radius 3 is 2.16 bits per heavy atom. The number of carbonyl (C=O) groups excluding carboxylic acids is 5. The summed E-state index contributed by atoms with van der Waals surface area (Å²) in [5.74, 6) is -4.37. The van der Waals surface area contributed by atoms with Crippen molar-refractivity contribution in [1.82, 2.24) is 26.2 Å². The molecule has 0 spiro atoms. The van der Waals surface area contributed by atoms with Crippen molar-refractivity contribution < 1.29 is 33.9 Å². The number of nitrogens with zero attached hydrogens (tertiary/aromatic N) is 1. The first kappa shape index (κ1) is 31.7. The Morgan fingerprint density at radius 1 is 0.889 bits per heavy atom. The van der Waals surface area contributed by atoms with Crippen molar-refractivity contribution in [1.29, 1.82) is 0 Å². The molecule has 2 aromatic carbocycles. The molecule has 14 heteroatoms. The number of nitrogens with one attached hydrogen (secondary N) is 4. The van der Waals surface area contributed by atoms with Crippen molar-refractivity contribution in [2.45, 2.75) is 68.4 Å². The van der Waals surface area contributed by atoms with Gasteiger partial charge in [0.05, 0.1) is 12.1 Å². The average Bonchev–Trinajstić information content (AvgIpc) is 3.04. The van der Waals surface area contributed by atoms with Crippen LogP contribution in [0.1, 0.15) is 55.3 Å². The van der Waals surface area contributed by atoms with Crippen LogP contribution in [0.3, 0.4) is 0 Å². The average molecular weight is 637 g/mol. The summed E-state index contributed by atoms with van der Waals surface area (Å²) in [6.45, 7) is 0. The Morgan fingerprint density at radius 2 is 1.53 bits per heavy atom. The molecule has 3 heterocycles. The molecule has 2 aromatic rings. The highest BCUT2D eigenvalue weighted by molar-refractivity contribution is 6.32. The summed E-state index contributed by atoms with van der Waals surface area (Å²) in [5, 5.41) is 20.4. The monoisotopic (exact) mass is 636 g/mol. The number of amides is 5. The van der Waals surface area contributed by atoms with Gasteiger partial charge in [-0.25, -0.2) is 4.79 Å². The molecular formula is C31H33ClN6O7. The zero-order chi connectivity index (χ0) is 32.2. The molecule has 0 unspecified atom stereocenters. The Labute approximate surface area is 263 Å². The minimum Gasteiger partial charge on any atom is -0.477 e. The summed E-state index contributed by atoms with van der Waals surface area (Å²) in [7, 11) is 0. The lowest BCUT2D eigenvalue weighted by Gasteiger charge is -2.49. The maximum Gasteiger partial charge on any atom is 0.353 e. The normalized spacial score (nSPS) is 23.0. The molecule has 0 radical (unpaired) electrons. The van der Waals surface area contributed by atoms with Gasteiger partial charge in [0, 0.05) is 11.5 Å². The van der Waals surface area contributed by atoms with Gasteiger partial charge in [-0.2, -0.15) is 0 Å². The Hall–Kier alpha value is -4.75. The zero-order valence-electron chi connectivity index (χ0n) is 24.1.